The minimum atomic E-state index is 0.946. The van der Waals surface area contributed by atoms with Crippen molar-refractivity contribution in [2.24, 2.45) is 23.7 Å². The molecule has 20 heavy (non-hydrogen) atoms. The van der Waals surface area contributed by atoms with Crippen LogP contribution in [0.1, 0.15) is 57.8 Å². The van der Waals surface area contributed by atoms with E-state index >= 15 is 0 Å². The van der Waals surface area contributed by atoms with Crippen molar-refractivity contribution in [2.45, 2.75) is 69.1 Å². The predicted octanol–water partition coefficient (Wildman–Crippen LogP) is 4.42. The lowest BCUT2D eigenvalue weighted by atomic mass is 9.64. The third-order valence-corrected chi connectivity index (χ3v) is 8.21. The van der Waals surface area contributed by atoms with Crippen LogP contribution < -0.4 is 0 Å². The van der Waals surface area contributed by atoms with Crippen LogP contribution in [-0.2, 0) is 0 Å². The summed E-state index contributed by atoms with van der Waals surface area (Å²) in [5, 5.41) is 0.962. The lowest BCUT2D eigenvalue weighted by Gasteiger charge is -2.43. The molecule has 6 atom stereocenters. The first-order valence-corrected chi connectivity index (χ1v) is 10.5. The molecule has 0 bridgehead atoms. The molecule has 0 spiro atoms. The summed E-state index contributed by atoms with van der Waals surface area (Å²) < 4.78 is 0. The van der Waals surface area contributed by atoms with Crippen LogP contribution in [0.3, 0.4) is 0 Å². The van der Waals surface area contributed by atoms with Crippen molar-refractivity contribution in [3.05, 3.63) is 0 Å². The molecule has 3 aliphatic carbocycles. The van der Waals surface area contributed by atoms with E-state index in [0.717, 1.165) is 35.0 Å². The van der Waals surface area contributed by atoms with Crippen molar-refractivity contribution in [2.75, 3.05) is 19.3 Å². The summed E-state index contributed by atoms with van der Waals surface area (Å²) in [7, 11) is 0. The summed E-state index contributed by atoms with van der Waals surface area (Å²) in [6.45, 7) is 2.81. The first-order valence-electron chi connectivity index (χ1n) is 9.17. The lowest BCUT2D eigenvalue weighted by Crippen LogP contribution is -2.47. The minimum Gasteiger partial charge on any atom is -0.299 e. The Morgan fingerprint density at radius 2 is 1.50 bits per heavy atom. The zero-order valence-electron chi connectivity index (χ0n) is 13.1. The second-order valence-corrected chi connectivity index (χ2v) is 8.83. The van der Waals surface area contributed by atoms with E-state index in [0.29, 0.717) is 0 Å². The molecule has 1 saturated heterocycles. The molecule has 0 aromatic carbocycles. The van der Waals surface area contributed by atoms with Crippen molar-refractivity contribution >= 4 is 11.8 Å². The first kappa shape index (κ1) is 13.9. The van der Waals surface area contributed by atoms with Crippen LogP contribution in [-0.4, -0.2) is 35.5 Å². The maximum atomic E-state index is 2.94. The van der Waals surface area contributed by atoms with Crippen LogP contribution in [0.15, 0.2) is 0 Å². The molecule has 3 saturated carbocycles. The van der Waals surface area contributed by atoms with Gasteiger partial charge in [-0.1, -0.05) is 32.1 Å². The van der Waals surface area contributed by atoms with Gasteiger partial charge in [-0.05, 0) is 68.7 Å². The molecule has 0 aromatic heterocycles. The van der Waals surface area contributed by atoms with Gasteiger partial charge in [-0.15, -0.1) is 0 Å². The number of hydrogen-bond acceptors (Lipinski definition) is 2. The molecular weight excluding hydrogens is 262 g/mol. The van der Waals surface area contributed by atoms with E-state index in [9.17, 15) is 0 Å². The molecular formula is C18H31NS. The Hall–Kier alpha value is 0.310. The molecule has 4 rings (SSSR count). The Balaban J connectivity index is 1.62. The Bertz CT molecular complexity index is 336. The Kier molecular flexibility index (Phi) is 4.07. The van der Waals surface area contributed by atoms with E-state index in [2.05, 4.69) is 22.9 Å². The van der Waals surface area contributed by atoms with Crippen LogP contribution in [0, 0.1) is 23.7 Å². The average Bonchev–Trinajstić information content (AvgIpc) is 2.84. The van der Waals surface area contributed by atoms with Crippen LogP contribution in [0.25, 0.3) is 0 Å². The van der Waals surface area contributed by atoms with Crippen molar-refractivity contribution in [3.8, 4) is 0 Å². The van der Waals surface area contributed by atoms with Gasteiger partial charge in [0.1, 0.15) is 0 Å². The van der Waals surface area contributed by atoms with Gasteiger partial charge in [-0.2, -0.15) is 11.8 Å². The molecule has 0 amide bonds. The fourth-order valence-electron chi connectivity index (χ4n) is 6.45. The summed E-state index contributed by atoms with van der Waals surface area (Å²) in [6, 6.07) is 0.946. The smallest absolute Gasteiger partial charge is 0.0248 e. The van der Waals surface area contributed by atoms with Crippen LogP contribution in [0.2, 0.25) is 0 Å². The SMILES string of the molecule is CS[C@@H]1C2CCCC3CCCC(C32)[C@H]1N1CCCCC1. The Morgan fingerprint density at radius 1 is 0.800 bits per heavy atom. The van der Waals surface area contributed by atoms with Gasteiger partial charge >= 0.3 is 0 Å². The number of thioether (sulfide) groups is 1. The van der Waals surface area contributed by atoms with Crippen LogP contribution >= 0.6 is 11.8 Å². The van der Waals surface area contributed by atoms with Gasteiger partial charge in [0.25, 0.3) is 0 Å². The second kappa shape index (κ2) is 5.83. The molecule has 114 valence electrons. The third kappa shape index (κ3) is 2.17. The normalized spacial score (nSPS) is 49.0. The Labute approximate surface area is 129 Å². The molecule has 1 aliphatic heterocycles. The van der Waals surface area contributed by atoms with Crippen LogP contribution in [0.5, 0.6) is 0 Å². The molecule has 0 radical (unpaired) electrons. The van der Waals surface area contributed by atoms with Crippen molar-refractivity contribution in [1.29, 1.82) is 0 Å². The van der Waals surface area contributed by atoms with Gasteiger partial charge in [0.15, 0.2) is 0 Å². The monoisotopic (exact) mass is 293 g/mol. The fourth-order valence-corrected chi connectivity index (χ4v) is 7.77. The molecule has 4 fully saturated rings. The van der Waals surface area contributed by atoms with Gasteiger partial charge in [-0.3, -0.25) is 4.90 Å². The maximum Gasteiger partial charge on any atom is 0.0248 e. The standard InChI is InChI=1S/C18H31NS/c1-20-18-15-10-6-8-13-7-5-9-14(16(13)15)17(18)19-11-3-2-4-12-19/h13-18H,2-12H2,1H3/t13?,14?,15?,16?,17-,18-/m1/s1. The summed E-state index contributed by atoms with van der Waals surface area (Å²) in [4.78, 5) is 2.94. The highest BCUT2D eigenvalue weighted by Gasteiger charge is 2.55. The third-order valence-electron chi connectivity index (χ3n) is 7.04. The quantitative estimate of drug-likeness (QED) is 0.741. The predicted molar refractivity (Wildman–Crippen MR) is 88.2 cm³/mol. The van der Waals surface area contributed by atoms with Crippen LogP contribution in [0.4, 0.5) is 0 Å². The molecule has 0 aromatic rings. The van der Waals surface area contributed by atoms with Crippen molar-refractivity contribution in [1.82, 2.24) is 4.90 Å². The number of rotatable bonds is 2. The van der Waals surface area contributed by atoms with E-state index in [1.165, 1.54) is 45.2 Å². The summed E-state index contributed by atoms with van der Waals surface area (Å²) in [6.07, 6.45) is 16.1. The van der Waals surface area contributed by atoms with Gasteiger partial charge in [0, 0.05) is 11.3 Å². The number of likely N-dealkylation sites (tertiary alicyclic amines) is 1. The highest BCUT2D eigenvalue weighted by Crippen LogP contribution is 2.58. The van der Waals surface area contributed by atoms with E-state index in [1.807, 2.05) is 0 Å². The molecule has 1 heterocycles. The van der Waals surface area contributed by atoms with Crippen molar-refractivity contribution < 1.29 is 0 Å². The second-order valence-electron chi connectivity index (χ2n) is 7.81. The summed E-state index contributed by atoms with van der Waals surface area (Å²) in [5.41, 5.74) is 0. The molecule has 2 heteroatoms. The summed E-state index contributed by atoms with van der Waals surface area (Å²) >= 11 is 2.23. The Morgan fingerprint density at radius 3 is 2.20 bits per heavy atom. The average molecular weight is 294 g/mol. The largest absolute Gasteiger partial charge is 0.299 e. The van der Waals surface area contributed by atoms with Gasteiger partial charge < -0.3 is 0 Å². The number of hydrogen-bond donors (Lipinski definition) is 0. The number of nitrogens with zero attached hydrogens (tertiary/aromatic N) is 1. The molecule has 4 unspecified atom stereocenters. The molecule has 0 N–H and O–H groups in total. The topological polar surface area (TPSA) is 3.24 Å². The van der Waals surface area contributed by atoms with E-state index in [4.69, 9.17) is 0 Å². The van der Waals surface area contributed by atoms with E-state index in [-0.39, 0.29) is 0 Å². The first-order chi connectivity index (χ1) is 9.90. The highest BCUT2D eigenvalue weighted by molar-refractivity contribution is 7.99. The fraction of sp³-hybridized carbons (Fsp3) is 1.00. The highest BCUT2D eigenvalue weighted by atomic mass is 32.2. The van der Waals surface area contributed by atoms with Gasteiger partial charge in [-0.25, -0.2) is 0 Å². The van der Waals surface area contributed by atoms with Crippen molar-refractivity contribution in [3.63, 3.8) is 0 Å². The lowest BCUT2D eigenvalue weighted by molar-refractivity contribution is 0.0605. The minimum absolute atomic E-state index is 0.946. The van der Waals surface area contributed by atoms with Gasteiger partial charge in [0.2, 0.25) is 0 Å². The van der Waals surface area contributed by atoms with E-state index in [1.54, 1.807) is 25.7 Å². The number of piperidine rings is 1. The van der Waals surface area contributed by atoms with E-state index < -0.39 is 0 Å². The summed E-state index contributed by atoms with van der Waals surface area (Å²) in [5.74, 6) is 4.36. The van der Waals surface area contributed by atoms with Gasteiger partial charge in [0.05, 0.1) is 0 Å². The zero-order chi connectivity index (χ0) is 13.5. The maximum absolute atomic E-state index is 2.94. The molecule has 1 nitrogen and oxygen atoms in total. The molecule has 4 aliphatic rings. The zero-order valence-corrected chi connectivity index (χ0v) is 13.9.